The van der Waals surface area contributed by atoms with Crippen LogP contribution in [-0.2, 0) is 6.42 Å². The smallest absolute Gasteiger partial charge is 0.148 e. The summed E-state index contributed by atoms with van der Waals surface area (Å²) in [6.07, 6.45) is 0.335. The molecule has 0 aliphatic carbocycles. The van der Waals surface area contributed by atoms with Gasteiger partial charge in [-0.1, -0.05) is 0 Å². The van der Waals surface area contributed by atoms with E-state index >= 15 is 0 Å². The molecule has 3 aromatic rings. The number of H-pyrrole nitrogens is 1. The Labute approximate surface area is 164 Å². The van der Waals surface area contributed by atoms with Crippen molar-refractivity contribution in [3.8, 4) is 11.5 Å². The average Bonchev–Trinajstić information content (AvgIpc) is 3.26. The van der Waals surface area contributed by atoms with Gasteiger partial charge < -0.3 is 19.5 Å². The molecule has 0 bridgehead atoms. The van der Waals surface area contributed by atoms with Gasteiger partial charge in [0.2, 0.25) is 0 Å². The summed E-state index contributed by atoms with van der Waals surface area (Å²) in [5, 5.41) is 18.9. The van der Waals surface area contributed by atoms with Crippen LogP contribution in [0.25, 0.3) is 10.9 Å². The first kappa shape index (κ1) is 18.6. The molecular formula is C21H26N4O3. The van der Waals surface area contributed by atoms with Gasteiger partial charge in [0.25, 0.3) is 0 Å². The number of benzene rings is 1. The standard InChI is InChI=1S/C21H26N4O3/c1-12-5-20(22-21-17(12)8-16(27-3)9-19(21)28-4)25-10-14(18(26)11-25)7-15-6-13(2)23-24-15/h5-6,8-9,14,18,26H,7,10-11H2,1-4H3,(H,23,24)/t14-,18+/m1/s1. The normalized spacial score (nSPS) is 19.4. The van der Waals surface area contributed by atoms with E-state index in [2.05, 4.69) is 28.1 Å². The summed E-state index contributed by atoms with van der Waals surface area (Å²) in [6.45, 7) is 5.34. The fourth-order valence-corrected chi connectivity index (χ4v) is 3.94. The average molecular weight is 382 g/mol. The number of aromatic nitrogens is 3. The van der Waals surface area contributed by atoms with E-state index in [0.717, 1.165) is 52.4 Å². The molecule has 1 aromatic carbocycles. The van der Waals surface area contributed by atoms with Gasteiger partial charge >= 0.3 is 0 Å². The number of aryl methyl sites for hydroxylation is 2. The molecular weight excluding hydrogens is 356 g/mol. The topological polar surface area (TPSA) is 83.5 Å². The minimum atomic E-state index is -0.410. The molecule has 1 aliphatic rings. The lowest BCUT2D eigenvalue weighted by Gasteiger charge is -2.19. The van der Waals surface area contributed by atoms with E-state index in [0.29, 0.717) is 12.3 Å². The zero-order chi connectivity index (χ0) is 19.8. The number of aromatic amines is 1. The number of methoxy groups -OCH3 is 2. The molecule has 1 fully saturated rings. The van der Waals surface area contributed by atoms with Gasteiger partial charge in [0.15, 0.2) is 0 Å². The van der Waals surface area contributed by atoms with Gasteiger partial charge in [-0.05, 0) is 44.0 Å². The molecule has 2 N–H and O–H groups in total. The van der Waals surface area contributed by atoms with E-state index < -0.39 is 6.10 Å². The summed E-state index contributed by atoms with van der Waals surface area (Å²) >= 11 is 0. The summed E-state index contributed by atoms with van der Waals surface area (Å²) in [6, 6.07) is 7.92. The van der Waals surface area contributed by atoms with E-state index in [1.54, 1.807) is 14.2 Å². The van der Waals surface area contributed by atoms with Crippen LogP contribution in [0.2, 0.25) is 0 Å². The molecule has 0 spiro atoms. The predicted molar refractivity (Wildman–Crippen MR) is 108 cm³/mol. The third-order valence-electron chi connectivity index (χ3n) is 5.46. The van der Waals surface area contributed by atoms with E-state index in [1.165, 1.54) is 0 Å². The lowest BCUT2D eigenvalue weighted by atomic mass is 10.0. The first-order valence-electron chi connectivity index (χ1n) is 9.45. The highest BCUT2D eigenvalue weighted by Gasteiger charge is 2.33. The van der Waals surface area contributed by atoms with Gasteiger partial charge in [-0.2, -0.15) is 5.10 Å². The van der Waals surface area contributed by atoms with Crippen molar-refractivity contribution in [1.82, 2.24) is 15.2 Å². The Morgan fingerprint density at radius 1 is 1.14 bits per heavy atom. The van der Waals surface area contributed by atoms with Crippen LogP contribution in [0.15, 0.2) is 24.3 Å². The second kappa shape index (κ2) is 7.31. The van der Waals surface area contributed by atoms with Crippen molar-refractivity contribution in [1.29, 1.82) is 0 Å². The minimum absolute atomic E-state index is 0.123. The van der Waals surface area contributed by atoms with Crippen LogP contribution in [0.4, 0.5) is 5.82 Å². The number of ether oxygens (including phenoxy) is 2. The Bertz CT molecular complexity index is 1000. The van der Waals surface area contributed by atoms with Crippen LogP contribution in [0.1, 0.15) is 17.0 Å². The summed E-state index contributed by atoms with van der Waals surface area (Å²) < 4.78 is 10.9. The van der Waals surface area contributed by atoms with Gasteiger partial charge in [0.05, 0.1) is 26.0 Å². The third kappa shape index (κ3) is 3.38. The molecule has 1 aliphatic heterocycles. The van der Waals surface area contributed by atoms with Crippen LogP contribution in [0.5, 0.6) is 11.5 Å². The minimum Gasteiger partial charge on any atom is -0.497 e. The molecule has 28 heavy (non-hydrogen) atoms. The van der Waals surface area contributed by atoms with Gasteiger partial charge in [-0.15, -0.1) is 0 Å². The number of β-amino-alcohol motifs (C(OH)–C–C–N with tert-alkyl or cyclic N) is 1. The number of rotatable bonds is 5. The molecule has 7 nitrogen and oxygen atoms in total. The van der Waals surface area contributed by atoms with Gasteiger partial charge in [0, 0.05) is 36.2 Å². The van der Waals surface area contributed by atoms with E-state index in [4.69, 9.17) is 14.5 Å². The molecule has 2 atom stereocenters. The van der Waals surface area contributed by atoms with Crippen molar-refractivity contribution in [2.75, 3.05) is 32.2 Å². The monoisotopic (exact) mass is 382 g/mol. The van der Waals surface area contributed by atoms with Crippen LogP contribution in [0.3, 0.4) is 0 Å². The van der Waals surface area contributed by atoms with Crippen molar-refractivity contribution < 1.29 is 14.6 Å². The van der Waals surface area contributed by atoms with Crippen molar-refractivity contribution in [3.63, 3.8) is 0 Å². The quantitative estimate of drug-likeness (QED) is 0.706. The highest BCUT2D eigenvalue weighted by molar-refractivity contribution is 5.90. The number of nitrogens with one attached hydrogen (secondary N) is 1. The number of hydrogen-bond donors (Lipinski definition) is 2. The number of aliphatic hydroxyl groups excluding tert-OH is 1. The largest absolute Gasteiger partial charge is 0.497 e. The fraction of sp³-hybridized carbons (Fsp3) is 0.429. The first-order chi connectivity index (χ1) is 13.5. The summed E-state index contributed by atoms with van der Waals surface area (Å²) in [5.74, 6) is 2.40. The molecule has 148 valence electrons. The summed E-state index contributed by atoms with van der Waals surface area (Å²) in [5.41, 5.74) is 3.92. The second-order valence-corrected chi connectivity index (χ2v) is 7.50. The van der Waals surface area contributed by atoms with Gasteiger partial charge in [-0.3, -0.25) is 5.10 Å². The maximum atomic E-state index is 10.6. The molecule has 0 amide bonds. The fourth-order valence-electron chi connectivity index (χ4n) is 3.94. The number of hydrogen-bond acceptors (Lipinski definition) is 6. The maximum absolute atomic E-state index is 10.6. The lowest BCUT2D eigenvalue weighted by molar-refractivity contribution is 0.148. The van der Waals surface area contributed by atoms with Gasteiger partial charge in [-0.25, -0.2) is 4.98 Å². The molecule has 0 unspecified atom stereocenters. The van der Waals surface area contributed by atoms with E-state index in [1.807, 2.05) is 25.1 Å². The maximum Gasteiger partial charge on any atom is 0.148 e. The molecule has 4 rings (SSSR count). The third-order valence-corrected chi connectivity index (χ3v) is 5.46. The Morgan fingerprint density at radius 2 is 1.96 bits per heavy atom. The van der Waals surface area contributed by atoms with Crippen molar-refractivity contribution in [2.24, 2.45) is 5.92 Å². The van der Waals surface area contributed by atoms with Crippen LogP contribution in [-0.4, -0.2) is 53.7 Å². The number of aliphatic hydroxyl groups is 1. The van der Waals surface area contributed by atoms with Crippen LogP contribution in [0, 0.1) is 19.8 Å². The van der Waals surface area contributed by atoms with Crippen molar-refractivity contribution in [2.45, 2.75) is 26.4 Å². The van der Waals surface area contributed by atoms with E-state index in [-0.39, 0.29) is 5.92 Å². The molecule has 3 heterocycles. The Morgan fingerprint density at radius 3 is 2.64 bits per heavy atom. The first-order valence-corrected chi connectivity index (χ1v) is 9.45. The zero-order valence-corrected chi connectivity index (χ0v) is 16.7. The zero-order valence-electron chi connectivity index (χ0n) is 16.7. The number of anilines is 1. The second-order valence-electron chi connectivity index (χ2n) is 7.50. The molecule has 7 heteroatoms. The molecule has 2 aromatic heterocycles. The summed E-state index contributed by atoms with van der Waals surface area (Å²) in [4.78, 5) is 7.00. The number of fused-ring (bicyclic) bond motifs is 1. The Kier molecular flexibility index (Phi) is 4.85. The van der Waals surface area contributed by atoms with Crippen LogP contribution >= 0.6 is 0 Å². The molecule has 0 radical (unpaired) electrons. The lowest BCUT2D eigenvalue weighted by Crippen LogP contribution is -2.22. The van der Waals surface area contributed by atoms with Crippen LogP contribution < -0.4 is 14.4 Å². The van der Waals surface area contributed by atoms with Crippen molar-refractivity contribution in [3.05, 3.63) is 41.2 Å². The Hall–Kier alpha value is -2.80. The molecule has 0 saturated carbocycles. The Balaban J connectivity index is 1.64. The van der Waals surface area contributed by atoms with Crippen molar-refractivity contribution >= 4 is 16.7 Å². The van der Waals surface area contributed by atoms with E-state index in [9.17, 15) is 5.11 Å². The predicted octanol–water partition coefficient (Wildman–Crippen LogP) is 2.63. The molecule has 1 saturated heterocycles. The SMILES string of the molecule is COc1cc(OC)c2nc(N3C[C@@H](Cc4cc(C)[nH]n4)[C@@H](O)C3)cc(C)c2c1. The number of pyridine rings is 1. The highest BCUT2D eigenvalue weighted by Crippen LogP contribution is 2.35. The number of nitrogens with zero attached hydrogens (tertiary/aromatic N) is 3. The highest BCUT2D eigenvalue weighted by atomic mass is 16.5. The summed E-state index contributed by atoms with van der Waals surface area (Å²) in [7, 11) is 3.28. The van der Waals surface area contributed by atoms with Gasteiger partial charge in [0.1, 0.15) is 22.8 Å².